The fourth-order valence-corrected chi connectivity index (χ4v) is 1.65. The van der Waals surface area contributed by atoms with Gasteiger partial charge in [-0.25, -0.2) is 4.98 Å². The van der Waals surface area contributed by atoms with Crippen molar-refractivity contribution >= 4 is 0 Å². The van der Waals surface area contributed by atoms with Gasteiger partial charge in [-0.05, 0) is 30.2 Å². The Morgan fingerprint density at radius 3 is 2.45 bits per heavy atom. The average molecular weight is 276 g/mol. The van der Waals surface area contributed by atoms with Gasteiger partial charge in [0.05, 0.1) is 13.2 Å². The molecule has 1 unspecified atom stereocenters. The zero-order chi connectivity index (χ0) is 14.5. The Labute approximate surface area is 118 Å². The molecule has 0 aliphatic rings. The molecule has 0 aliphatic heterocycles. The molecule has 20 heavy (non-hydrogen) atoms. The molecule has 0 aliphatic carbocycles. The summed E-state index contributed by atoms with van der Waals surface area (Å²) in [6.07, 6.45) is 0. The Bertz CT molecular complexity index is 536. The van der Waals surface area contributed by atoms with Crippen molar-refractivity contribution in [2.24, 2.45) is 11.7 Å². The summed E-state index contributed by atoms with van der Waals surface area (Å²) in [7, 11) is 1.63. The summed E-state index contributed by atoms with van der Waals surface area (Å²) in [4.78, 5) is 4.34. The van der Waals surface area contributed by atoms with Crippen LogP contribution in [-0.4, -0.2) is 22.3 Å². The second-order valence-electron chi connectivity index (χ2n) is 4.87. The molecule has 0 radical (unpaired) electrons. The second kappa shape index (κ2) is 6.38. The molecule has 2 aromatic rings. The first-order valence-electron chi connectivity index (χ1n) is 6.53. The van der Waals surface area contributed by atoms with E-state index in [-0.39, 0.29) is 6.04 Å². The number of benzene rings is 1. The van der Waals surface area contributed by atoms with E-state index in [0.717, 1.165) is 11.5 Å². The van der Waals surface area contributed by atoms with Gasteiger partial charge < -0.3 is 15.2 Å². The third-order valence-electron chi connectivity index (χ3n) is 3.00. The maximum atomic E-state index is 5.99. The molecule has 1 aromatic heterocycles. The van der Waals surface area contributed by atoms with Crippen LogP contribution in [0.4, 0.5) is 0 Å². The lowest BCUT2D eigenvalue weighted by Crippen LogP contribution is -2.18. The number of H-pyrrole nitrogens is 1. The summed E-state index contributed by atoms with van der Waals surface area (Å²) in [5, 5.41) is 6.96. The van der Waals surface area contributed by atoms with Gasteiger partial charge in [-0.1, -0.05) is 13.8 Å². The minimum Gasteiger partial charge on any atom is -0.497 e. The van der Waals surface area contributed by atoms with Crippen LogP contribution in [0.5, 0.6) is 11.5 Å². The number of hydrogen-bond donors (Lipinski definition) is 2. The first kappa shape index (κ1) is 14.3. The number of methoxy groups -OCH3 is 1. The van der Waals surface area contributed by atoms with Gasteiger partial charge in [0.15, 0.2) is 11.6 Å². The molecule has 0 bridgehead atoms. The monoisotopic (exact) mass is 276 g/mol. The first-order chi connectivity index (χ1) is 9.60. The van der Waals surface area contributed by atoms with Gasteiger partial charge in [-0.15, -0.1) is 0 Å². The smallest absolute Gasteiger partial charge is 0.167 e. The topological polar surface area (TPSA) is 86.1 Å². The first-order valence-corrected chi connectivity index (χ1v) is 6.53. The molecule has 6 heteroatoms. The number of hydrogen-bond acceptors (Lipinski definition) is 5. The minimum absolute atomic E-state index is 0.166. The van der Waals surface area contributed by atoms with E-state index in [1.165, 1.54) is 0 Å². The van der Waals surface area contributed by atoms with Crippen molar-refractivity contribution in [3.05, 3.63) is 35.9 Å². The molecule has 1 heterocycles. The van der Waals surface area contributed by atoms with Gasteiger partial charge >= 0.3 is 0 Å². The fourth-order valence-electron chi connectivity index (χ4n) is 1.65. The van der Waals surface area contributed by atoms with Crippen LogP contribution in [0, 0.1) is 5.92 Å². The Balaban J connectivity index is 1.93. The molecule has 1 aromatic carbocycles. The third kappa shape index (κ3) is 3.48. The van der Waals surface area contributed by atoms with Crippen molar-refractivity contribution in [3.8, 4) is 11.5 Å². The largest absolute Gasteiger partial charge is 0.497 e. The van der Waals surface area contributed by atoms with Gasteiger partial charge in [0, 0.05) is 0 Å². The SMILES string of the molecule is COc1ccc(OCc2nc(C(N)C(C)C)n[nH]2)cc1. The van der Waals surface area contributed by atoms with Gasteiger partial charge in [0.1, 0.15) is 18.1 Å². The zero-order valence-corrected chi connectivity index (χ0v) is 12.0. The maximum absolute atomic E-state index is 5.99. The number of nitrogens with two attached hydrogens (primary N) is 1. The summed E-state index contributed by atoms with van der Waals surface area (Å²) < 4.78 is 10.7. The van der Waals surface area contributed by atoms with E-state index < -0.39 is 0 Å². The average Bonchev–Trinajstić information content (AvgIpc) is 2.93. The highest BCUT2D eigenvalue weighted by Crippen LogP contribution is 2.18. The Hall–Kier alpha value is -2.08. The molecule has 0 spiro atoms. The van der Waals surface area contributed by atoms with Crippen molar-refractivity contribution in [1.29, 1.82) is 0 Å². The molecule has 3 N–H and O–H groups in total. The summed E-state index contributed by atoms with van der Waals surface area (Å²) in [6, 6.07) is 7.21. The summed E-state index contributed by atoms with van der Waals surface area (Å²) >= 11 is 0. The van der Waals surface area contributed by atoms with Crippen LogP contribution in [0.25, 0.3) is 0 Å². The van der Waals surface area contributed by atoms with E-state index in [9.17, 15) is 0 Å². The number of ether oxygens (including phenoxy) is 2. The number of nitrogens with zero attached hydrogens (tertiary/aromatic N) is 2. The second-order valence-corrected chi connectivity index (χ2v) is 4.87. The maximum Gasteiger partial charge on any atom is 0.167 e. The number of nitrogens with one attached hydrogen (secondary N) is 1. The van der Waals surface area contributed by atoms with Gasteiger partial charge in [0.25, 0.3) is 0 Å². The molecule has 108 valence electrons. The lowest BCUT2D eigenvalue weighted by atomic mass is 10.1. The highest BCUT2D eigenvalue weighted by molar-refractivity contribution is 5.31. The summed E-state index contributed by atoms with van der Waals surface area (Å²) in [6.45, 7) is 4.40. The van der Waals surface area contributed by atoms with Crippen molar-refractivity contribution in [2.75, 3.05) is 7.11 Å². The fraction of sp³-hybridized carbons (Fsp3) is 0.429. The van der Waals surface area contributed by atoms with Crippen LogP contribution >= 0.6 is 0 Å². The number of aromatic nitrogens is 3. The molecule has 1 atom stereocenters. The van der Waals surface area contributed by atoms with Crippen molar-refractivity contribution in [1.82, 2.24) is 15.2 Å². The van der Waals surface area contributed by atoms with Crippen LogP contribution in [0.15, 0.2) is 24.3 Å². The quantitative estimate of drug-likeness (QED) is 0.843. The number of rotatable bonds is 6. The normalized spacial score (nSPS) is 12.4. The standard InChI is InChI=1S/C14H20N4O2/c1-9(2)13(15)14-16-12(17-18-14)8-20-11-6-4-10(19-3)5-7-11/h4-7,9,13H,8,15H2,1-3H3,(H,16,17,18). The van der Waals surface area contributed by atoms with Crippen molar-refractivity contribution in [3.63, 3.8) is 0 Å². The summed E-state index contributed by atoms with van der Waals surface area (Å²) in [5.74, 6) is 3.11. The molecule has 6 nitrogen and oxygen atoms in total. The molecule has 0 saturated carbocycles. The highest BCUT2D eigenvalue weighted by Gasteiger charge is 2.15. The predicted molar refractivity (Wildman–Crippen MR) is 75.5 cm³/mol. The highest BCUT2D eigenvalue weighted by atomic mass is 16.5. The van der Waals surface area contributed by atoms with Crippen LogP contribution in [-0.2, 0) is 6.61 Å². The Morgan fingerprint density at radius 1 is 1.20 bits per heavy atom. The zero-order valence-electron chi connectivity index (χ0n) is 12.0. The van der Waals surface area contributed by atoms with E-state index in [1.54, 1.807) is 7.11 Å². The lowest BCUT2D eigenvalue weighted by Gasteiger charge is -2.10. The molecule has 2 rings (SSSR count). The third-order valence-corrected chi connectivity index (χ3v) is 3.00. The van der Waals surface area contributed by atoms with E-state index in [0.29, 0.717) is 24.2 Å². The van der Waals surface area contributed by atoms with Crippen molar-refractivity contribution in [2.45, 2.75) is 26.5 Å². The van der Waals surface area contributed by atoms with E-state index in [2.05, 4.69) is 15.2 Å². The molecule has 0 fully saturated rings. The lowest BCUT2D eigenvalue weighted by molar-refractivity contribution is 0.295. The van der Waals surface area contributed by atoms with Crippen LogP contribution in [0.3, 0.4) is 0 Å². The van der Waals surface area contributed by atoms with Crippen LogP contribution < -0.4 is 15.2 Å². The number of aromatic amines is 1. The van der Waals surface area contributed by atoms with Crippen LogP contribution in [0.2, 0.25) is 0 Å². The van der Waals surface area contributed by atoms with Gasteiger partial charge in [-0.2, -0.15) is 5.10 Å². The van der Waals surface area contributed by atoms with E-state index in [1.807, 2.05) is 38.1 Å². The minimum atomic E-state index is -0.166. The molecule has 0 saturated heterocycles. The van der Waals surface area contributed by atoms with E-state index >= 15 is 0 Å². The van der Waals surface area contributed by atoms with E-state index in [4.69, 9.17) is 15.2 Å². The molecular formula is C14H20N4O2. The molecular weight excluding hydrogens is 256 g/mol. The summed E-state index contributed by atoms with van der Waals surface area (Å²) in [5.41, 5.74) is 5.99. The van der Waals surface area contributed by atoms with Gasteiger partial charge in [-0.3, -0.25) is 5.10 Å². The van der Waals surface area contributed by atoms with Gasteiger partial charge in [0.2, 0.25) is 0 Å². The van der Waals surface area contributed by atoms with Crippen LogP contribution in [0.1, 0.15) is 31.5 Å². The molecule has 0 amide bonds. The Kier molecular flexibility index (Phi) is 4.57. The predicted octanol–water partition coefficient (Wildman–Crippen LogP) is 2.05. The van der Waals surface area contributed by atoms with Crippen molar-refractivity contribution < 1.29 is 9.47 Å². The Morgan fingerprint density at radius 2 is 1.85 bits per heavy atom.